The summed E-state index contributed by atoms with van der Waals surface area (Å²) < 4.78 is 0. The van der Waals surface area contributed by atoms with Crippen LogP contribution in [0.5, 0.6) is 0 Å². The maximum Gasteiger partial charge on any atom is 0.253 e. The molecule has 156 valence electrons. The average molecular weight is 425 g/mol. The molecule has 2 aliphatic heterocycles. The molecule has 7 heteroatoms. The van der Waals surface area contributed by atoms with Crippen LogP contribution in [0.25, 0.3) is 0 Å². The minimum absolute atomic E-state index is 0.0370. The van der Waals surface area contributed by atoms with Crippen LogP contribution in [-0.4, -0.2) is 77.1 Å². The molecule has 0 aliphatic carbocycles. The summed E-state index contributed by atoms with van der Waals surface area (Å²) >= 11 is 5.96. The van der Waals surface area contributed by atoms with Gasteiger partial charge in [0.15, 0.2) is 0 Å². The zero-order chi connectivity index (χ0) is 21.1. The van der Waals surface area contributed by atoms with Gasteiger partial charge in [0, 0.05) is 56.4 Å². The SMILES string of the molecule is N#Cc1ccc(C(=O)N2C[C@@H](O)[C@H](N3CCN(Cc4ccc(Cl)cc4)CC3)C2)cc1. The highest BCUT2D eigenvalue weighted by Crippen LogP contribution is 2.21. The first-order valence-corrected chi connectivity index (χ1v) is 10.6. The number of piperazine rings is 1. The first-order chi connectivity index (χ1) is 14.5. The predicted molar refractivity (Wildman–Crippen MR) is 115 cm³/mol. The second-order valence-corrected chi connectivity index (χ2v) is 8.41. The van der Waals surface area contributed by atoms with E-state index < -0.39 is 6.10 Å². The van der Waals surface area contributed by atoms with Crippen molar-refractivity contribution in [3.05, 3.63) is 70.2 Å². The molecule has 6 nitrogen and oxygen atoms in total. The van der Waals surface area contributed by atoms with Crippen LogP contribution in [0.15, 0.2) is 48.5 Å². The third-order valence-corrected chi connectivity index (χ3v) is 6.25. The molecule has 2 heterocycles. The predicted octanol–water partition coefficient (Wildman–Crippen LogP) is 2.21. The van der Waals surface area contributed by atoms with Crippen molar-refractivity contribution in [3.63, 3.8) is 0 Å². The Morgan fingerprint density at radius 2 is 1.70 bits per heavy atom. The van der Waals surface area contributed by atoms with Gasteiger partial charge in [0.25, 0.3) is 5.91 Å². The van der Waals surface area contributed by atoms with Gasteiger partial charge in [-0.2, -0.15) is 5.26 Å². The zero-order valence-corrected chi connectivity index (χ0v) is 17.5. The molecule has 30 heavy (non-hydrogen) atoms. The highest BCUT2D eigenvalue weighted by Gasteiger charge is 2.38. The number of β-amino-alcohol motifs (C(OH)–C–C–N with tert-alkyl or cyclic N) is 1. The van der Waals surface area contributed by atoms with Crippen LogP contribution >= 0.6 is 11.6 Å². The Labute approximate surface area is 181 Å². The Kier molecular flexibility index (Phi) is 6.35. The zero-order valence-electron chi connectivity index (χ0n) is 16.7. The number of benzene rings is 2. The van der Waals surface area contributed by atoms with E-state index in [1.165, 1.54) is 5.56 Å². The fourth-order valence-corrected chi connectivity index (χ4v) is 4.39. The van der Waals surface area contributed by atoms with Crippen molar-refractivity contribution < 1.29 is 9.90 Å². The number of nitrogens with zero attached hydrogens (tertiary/aromatic N) is 4. The van der Waals surface area contributed by atoms with Crippen LogP contribution in [0.2, 0.25) is 5.02 Å². The number of hydrogen-bond donors (Lipinski definition) is 1. The Bertz CT molecular complexity index is 918. The minimum Gasteiger partial charge on any atom is -0.390 e. The molecule has 1 N–H and O–H groups in total. The van der Waals surface area contributed by atoms with Crippen LogP contribution < -0.4 is 0 Å². The molecular weight excluding hydrogens is 400 g/mol. The van der Waals surface area contributed by atoms with Gasteiger partial charge in [0.2, 0.25) is 0 Å². The highest BCUT2D eigenvalue weighted by atomic mass is 35.5. The lowest BCUT2D eigenvalue weighted by molar-refractivity contribution is 0.0423. The molecule has 0 aromatic heterocycles. The number of amides is 1. The second-order valence-electron chi connectivity index (χ2n) is 7.97. The van der Waals surface area contributed by atoms with Gasteiger partial charge in [0.05, 0.1) is 23.8 Å². The van der Waals surface area contributed by atoms with E-state index in [2.05, 4.69) is 28.0 Å². The van der Waals surface area contributed by atoms with Crippen LogP contribution in [0, 0.1) is 11.3 Å². The maximum atomic E-state index is 12.8. The summed E-state index contributed by atoms with van der Waals surface area (Å²) in [6, 6.07) is 16.6. The number of hydrogen-bond acceptors (Lipinski definition) is 5. The molecule has 2 fully saturated rings. The molecule has 0 spiro atoms. The number of rotatable bonds is 4. The van der Waals surface area contributed by atoms with Gasteiger partial charge >= 0.3 is 0 Å². The molecule has 2 atom stereocenters. The van der Waals surface area contributed by atoms with Gasteiger partial charge in [-0.25, -0.2) is 0 Å². The normalized spacial score (nSPS) is 22.8. The van der Waals surface area contributed by atoms with Gasteiger partial charge in [-0.15, -0.1) is 0 Å². The van der Waals surface area contributed by atoms with Crippen molar-refractivity contribution in [1.82, 2.24) is 14.7 Å². The monoisotopic (exact) mass is 424 g/mol. The maximum absolute atomic E-state index is 12.8. The summed E-state index contributed by atoms with van der Waals surface area (Å²) in [5.74, 6) is -0.0950. The van der Waals surface area contributed by atoms with E-state index in [1.54, 1.807) is 29.2 Å². The number of halogens is 1. The minimum atomic E-state index is -0.546. The molecule has 2 aliphatic rings. The van der Waals surface area contributed by atoms with Gasteiger partial charge in [-0.3, -0.25) is 14.6 Å². The number of nitriles is 1. The Hall–Kier alpha value is -2.43. The number of aliphatic hydroxyl groups is 1. The molecule has 2 aromatic rings. The third-order valence-electron chi connectivity index (χ3n) is 6.00. The summed E-state index contributed by atoms with van der Waals surface area (Å²) in [6.45, 7) is 5.35. The average Bonchev–Trinajstić information content (AvgIpc) is 3.17. The lowest BCUT2D eigenvalue weighted by atomic mass is 10.1. The van der Waals surface area contributed by atoms with Crippen molar-refractivity contribution >= 4 is 17.5 Å². The first kappa shape index (κ1) is 20.8. The quantitative estimate of drug-likeness (QED) is 0.814. The van der Waals surface area contributed by atoms with E-state index >= 15 is 0 Å². The molecule has 0 unspecified atom stereocenters. The number of aliphatic hydroxyl groups excluding tert-OH is 1. The molecule has 0 saturated carbocycles. The van der Waals surface area contributed by atoms with Crippen molar-refractivity contribution in [2.24, 2.45) is 0 Å². The first-order valence-electron chi connectivity index (χ1n) is 10.2. The second kappa shape index (κ2) is 9.15. The molecular formula is C23H25ClN4O2. The molecule has 2 saturated heterocycles. The van der Waals surface area contributed by atoms with E-state index in [4.69, 9.17) is 16.9 Å². The van der Waals surface area contributed by atoms with Crippen LogP contribution in [-0.2, 0) is 6.54 Å². The molecule has 0 bridgehead atoms. The topological polar surface area (TPSA) is 70.8 Å². The smallest absolute Gasteiger partial charge is 0.253 e. The van der Waals surface area contributed by atoms with Gasteiger partial charge in [0.1, 0.15) is 0 Å². The largest absolute Gasteiger partial charge is 0.390 e. The van der Waals surface area contributed by atoms with Crippen LogP contribution in [0.3, 0.4) is 0 Å². The van der Waals surface area contributed by atoms with Crippen molar-refractivity contribution in [1.29, 1.82) is 5.26 Å². The Morgan fingerprint density at radius 1 is 1.03 bits per heavy atom. The number of carbonyl (C=O) groups is 1. The number of carbonyl (C=O) groups excluding carboxylic acids is 1. The Morgan fingerprint density at radius 3 is 2.33 bits per heavy atom. The fourth-order valence-electron chi connectivity index (χ4n) is 4.27. The van der Waals surface area contributed by atoms with Crippen molar-refractivity contribution in [2.45, 2.75) is 18.7 Å². The molecule has 4 rings (SSSR count). The molecule has 1 amide bonds. The summed E-state index contributed by atoms with van der Waals surface area (Å²) in [7, 11) is 0. The van der Waals surface area contributed by atoms with E-state index in [0.717, 1.165) is 37.7 Å². The van der Waals surface area contributed by atoms with E-state index in [9.17, 15) is 9.90 Å². The fraction of sp³-hybridized carbons (Fsp3) is 0.391. The summed E-state index contributed by atoms with van der Waals surface area (Å²) in [5.41, 5.74) is 2.32. The molecule has 2 aromatic carbocycles. The number of likely N-dealkylation sites (tertiary alicyclic amines) is 1. The van der Waals surface area contributed by atoms with E-state index in [0.29, 0.717) is 24.2 Å². The van der Waals surface area contributed by atoms with E-state index in [1.807, 2.05) is 12.1 Å². The van der Waals surface area contributed by atoms with Crippen LogP contribution in [0.4, 0.5) is 0 Å². The Balaban J connectivity index is 1.31. The van der Waals surface area contributed by atoms with Gasteiger partial charge < -0.3 is 10.0 Å². The lowest BCUT2D eigenvalue weighted by Crippen LogP contribution is -2.53. The molecule has 0 radical (unpaired) electrons. The summed E-state index contributed by atoms with van der Waals surface area (Å²) in [4.78, 5) is 19.2. The van der Waals surface area contributed by atoms with Crippen molar-refractivity contribution in [2.75, 3.05) is 39.3 Å². The third kappa shape index (κ3) is 4.66. The standard InChI is InChI=1S/C23H25ClN4O2/c24-20-7-3-18(4-8-20)14-26-9-11-27(12-10-26)21-15-28(16-22(21)29)23(30)19-5-1-17(13-25)2-6-19/h1-8,21-22,29H,9-12,14-16H2/t21-,22-/m1/s1. The summed E-state index contributed by atoms with van der Waals surface area (Å²) in [6.07, 6.45) is -0.546. The lowest BCUT2D eigenvalue weighted by Gasteiger charge is -2.38. The summed E-state index contributed by atoms with van der Waals surface area (Å²) in [5, 5.41) is 20.3. The van der Waals surface area contributed by atoms with E-state index in [-0.39, 0.29) is 11.9 Å². The van der Waals surface area contributed by atoms with Gasteiger partial charge in [-0.05, 0) is 42.0 Å². The van der Waals surface area contributed by atoms with Crippen LogP contribution in [0.1, 0.15) is 21.5 Å². The van der Waals surface area contributed by atoms with Crippen molar-refractivity contribution in [3.8, 4) is 6.07 Å². The highest BCUT2D eigenvalue weighted by molar-refractivity contribution is 6.30. The van der Waals surface area contributed by atoms with Gasteiger partial charge in [-0.1, -0.05) is 23.7 Å².